The topological polar surface area (TPSA) is 203 Å². The first-order valence-corrected chi connectivity index (χ1v) is 19.0. The van der Waals surface area contributed by atoms with Crippen LogP contribution in [0, 0.1) is 23.7 Å². The van der Waals surface area contributed by atoms with Crippen LogP contribution in [0.15, 0.2) is 0 Å². The summed E-state index contributed by atoms with van der Waals surface area (Å²) in [6.07, 6.45) is -9.87. The Morgan fingerprint density at radius 3 is 2.02 bits per heavy atom. The quantitative estimate of drug-likeness (QED) is 0.211. The van der Waals surface area contributed by atoms with Crippen LogP contribution in [0.2, 0.25) is 0 Å². The summed E-state index contributed by atoms with van der Waals surface area (Å²) < 4.78 is 43.6. The van der Waals surface area contributed by atoms with E-state index in [-0.39, 0.29) is 37.2 Å². The first-order valence-electron chi connectivity index (χ1n) is 19.0. The fraction of sp³-hybridized carbons (Fsp3) is 0.947. The summed E-state index contributed by atoms with van der Waals surface area (Å²) in [7, 11) is 6.64. The molecule has 15 heteroatoms. The van der Waals surface area contributed by atoms with Gasteiger partial charge in [-0.3, -0.25) is 9.59 Å². The third-order valence-corrected chi connectivity index (χ3v) is 12.3. The first-order chi connectivity index (χ1) is 24.5. The number of rotatable bonds is 9. The smallest absolute Gasteiger partial charge is 0.314 e. The number of esters is 1. The second kappa shape index (κ2) is 18.3. The minimum absolute atomic E-state index is 0.0485. The Kier molecular flexibility index (Phi) is 15.9. The van der Waals surface area contributed by atoms with Crippen molar-refractivity contribution in [1.82, 2.24) is 4.90 Å². The lowest BCUT2D eigenvalue weighted by atomic mass is 9.73. The summed E-state index contributed by atoms with van der Waals surface area (Å²) in [5.74, 6) is -5.37. The molecule has 3 unspecified atom stereocenters. The molecule has 0 amide bonds. The first kappa shape index (κ1) is 46.0. The van der Waals surface area contributed by atoms with Crippen LogP contribution >= 0.6 is 0 Å². The van der Waals surface area contributed by atoms with E-state index in [4.69, 9.17) is 33.2 Å². The number of nitrogens with zero attached hydrogens (tertiary/aromatic N) is 1. The number of Topliss-reactive ketones (excluding diaryl/α,β-unsaturated/α-hetero) is 1. The van der Waals surface area contributed by atoms with Crippen LogP contribution < -0.4 is 0 Å². The molecule has 0 bridgehead atoms. The Morgan fingerprint density at radius 2 is 1.49 bits per heavy atom. The van der Waals surface area contributed by atoms with E-state index >= 15 is 0 Å². The molecular formula is C38H69NO14. The van der Waals surface area contributed by atoms with Crippen molar-refractivity contribution in [2.45, 2.75) is 172 Å². The highest BCUT2D eigenvalue weighted by molar-refractivity contribution is 5.83. The number of aliphatic hydroxyl groups excluding tert-OH is 4. The van der Waals surface area contributed by atoms with Crippen LogP contribution in [0.1, 0.15) is 88.0 Å². The zero-order valence-corrected chi connectivity index (χ0v) is 34.1. The Bertz CT molecular complexity index is 1210. The molecule has 3 aliphatic rings. The molecule has 18 atom stereocenters. The second-order valence-electron chi connectivity index (χ2n) is 16.6. The molecule has 0 spiro atoms. The molecule has 15 nitrogen and oxygen atoms in total. The van der Waals surface area contributed by atoms with Gasteiger partial charge in [-0.05, 0) is 68.0 Å². The maximum atomic E-state index is 14.2. The molecular weight excluding hydrogens is 694 g/mol. The van der Waals surface area contributed by atoms with Crippen molar-refractivity contribution in [2.24, 2.45) is 23.7 Å². The van der Waals surface area contributed by atoms with Crippen molar-refractivity contribution in [3.05, 3.63) is 0 Å². The van der Waals surface area contributed by atoms with Crippen LogP contribution in [0.3, 0.4) is 0 Å². The van der Waals surface area contributed by atoms with E-state index in [1.807, 2.05) is 25.9 Å². The predicted octanol–water partition coefficient (Wildman–Crippen LogP) is 1.41. The number of cyclic esters (lactones) is 1. The third kappa shape index (κ3) is 9.80. The molecule has 0 radical (unpaired) electrons. The van der Waals surface area contributed by atoms with E-state index < -0.39 is 108 Å². The zero-order chi connectivity index (χ0) is 40.4. The van der Waals surface area contributed by atoms with Gasteiger partial charge in [-0.25, -0.2) is 0 Å². The van der Waals surface area contributed by atoms with Gasteiger partial charge in [-0.2, -0.15) is 0 Å². The number of methoxy groups -OCH3 is 2. The average molecular weight is 764 g/mol. The Hall–Kier alpha value is -1.34. The number of ether oxygens (including phenoxy) is 7. The van der Waals surface area contributed by atoms with Crippen LogP contribution in [-0.4, -0.2) is 161 Å². The molecule has 5 N–H and O–H groups in total. The number of ketones is 1. The van der Waals surface area contributed by atoms with Gasteiger partial charge < -0.3 is 63.6 Å². The molecule has 3 rings (SSSR count). The molecule has 0 saturated carbocycles. The van der Waals surface area contributed by atoms with Gasteiger partial charge in [0.1, 0.15) is 35.6 Å². The molecule has 53 heavy (non-hydrogen) atoms. The SMILES string of the molecule is CC[C@H]1OC(=O)[C@H](CO)[C@@H](O[C@H]2C[C@](C)(OC)[C@@H](O)C(C)O2)[C@H](C)[C@@H](O[C@@H]2OC(C)C[C@@H](N(C)C)C2O)[C@](C)(OC)C[C@@H](C)C(=O)[C@H](C)[C@@H](O)[C@]1(C)O. The molecule has 0 aromatic carbocycles. The summed E-state index contributed by atoms with van der Waals surface area (Å²) in [4.78, 5) is 30.1. The molecule has 3 aliphatic heterocycles. The predicted molar refractivity (Wildman–Crippen MR) is 192 cm³/mol. The maximum absolute atomic E-state index is 14.2. The number of likely N-dealkylation sites (N-methyl/N-ethyl adjacent to an activating group) is 1. The van der Waals surface area contributed by atoms with E-state index in [9.17, 15) is 35.1 Å². The molecule has 0 aromatic rings. The van der Waals surface area contributed by atoms with E-state index in [2.05, 4.69) is 0 Å². The van der Waals surface area contributed by atoms with Crippen molar-refractivity contribution in [3.8, 4) is 0 Å². The van der Waals surface area contributed by atoms with E-state index in [1.54, 1.807) is 41.5 Å². The van der Waals surface area contributed by atoms with Crippen molar-refractivity contribution < 1.29 is 68.3 Å². The fourth-order valence-corrected chi connectivity index (χ4v) is 8.63. The number of carbonyl (C=O) groups excluding carboxylic acids is 2. The van der Waals surface area contributed by atoms with E-state index in [0.29, 0.717) is 6.42 Å². The minimum atomic E-state index is -2.05. The molecule has 0 aliphatic carbocycles. The monoisotopic (exact) mass is 763 g/mol. The molecule has 3 fully saturated rings. The van der Waals surface area contributed by atoms with Gasteiger partial charge in [0, 0.05) is 44.4 Å². The lowest BCUT2D eigenvalue weighted by Crippen LogP contribution is -2.62. The summed E-state index contributed by atoms with van der Waals surface area (Å²) in [5, 5.41) is 56.6. The van der Waals surface area contributed by atoms with Gasteiger partial charge in [0.25, 0.3) is 0 Å². The summed E-state index contributed by atoms with van der Waals surface area (Å²) in [5.41, 5.74) is -4.47. The van der Waals surface area contributed by atoms with Crippen LogP contribution in [0.5, 0.6) is 0 Å². The maximum Gasteiger partial charge on any atom is 0.314 e. The highest BCUT2D eigenvalue weighted by atomic mass is 16.7. The lowest BCUT2D eigenvalue weighted by Gasteiger charge is -2.50. The van der Waals surface area contributed by atoms with Crippen LogP contribution in [0.4, 0.5) is 0 Å². The Balaban J connectivity index is 2.26. The Labute approximate surface area is 315 Å². The number of hydrogen-bond acceptors (Lipinski definition) is 15. The van der Waals surface area contributed by atoms with Crippen molar-refractivity contribution in [2.75, 3.05) is 34.9 Å². The van der Waals surface area contributed by atoms with Gasteiger partial charge in [0.2, 0.25) is 0 Å². The van der Waals surface area contributed by atoms with Crippen molar-refractivity contribution >= 4 is 11.8 Å². The highest BCUT2D eigenvalue weighted by Crippen LogP contribution is 2.42. The van der Waals surface area contributed by atoms with E-state index in [1.165, 1.54) is 28.1 Å². The number of aliphatic hydroxyl groups is 5. The molecule has 3 saturated heterocycles. The Morgan fingerprint density at radius 1 is 0.887 bits per heavy atom. The largest absolute Gasteiger partial charge is 0.459 e. The van der Waals surface area contributed by atoms with Crippen molar-refractivity contribution in [1.29, 1.82) is 0 Å². The van der Waals surface area contributed by atoms with Gasteiger partial charge in [0.05, 0.1) is 48.3 Å². The minimum Gasteiger partial charge on any atom is -0.459 e. The average Bonchev–Trinajstić information content (AvgIpc) is 3.10. The van der Waals surface area contributed by atoms with Crippen molar-refractivity contribution in [3.63, 3.8) is 0 Å². The zero-order valence-electron chi connectivity index (χ0n) is 34.1. The highest BCUT2D eigenvalue weighted by Gasteiger charge is 2.54. The fourth-order valence-electron chi connectivity index (χ4n) is 8.63. The number of carbonyl (C=O) groups is 2. The van der Waals surface area contributed by atoms with Gasteiger partial charge >= 0.3 is 5.97 Å². The second-order valence-corrected chi connectivity index (χ2v) is 16.6. The lowest BCUT2D eigenvalue weighted by molar-refractivity contribution is -0.320. The summed E-state index contributed by atoms with van der Waals surface area (Å²) in [6, 6.07) is -0.324. The molecule has 310 valence electrons. The van der Waals surface area contributed by atoms with Crippen LogP contribution in [-0.2, 0) is 42.7 Å². The van der Waals surface area contributed by atoms with Crippen LogP contribution in [0.25, 0.3) is 0 Å². The van der Waals surface area contributed by atoms with Gasteiger partial charge in [-0.1, -0.05) is 27.7 Å². The standard InChI is InChI=1S/C38H69NO14/c1-14-26-38(9,46)31(43)21(4)28(41)19(2)16-37(8,48-13)33(53-35-29(42)25(39(10)11)15-20(3)49-35)22(5)30(24(18-40)34(45)51-26)52-27-17-36(7,47-12)32(44)23(6)50-27/h19-27,29-33,35,40,42-44,46H,14-18H2,1-13H3/t19-,20?,21+,22+,23?,24-,25-,26-,27+,29?,30+,31-,32+,33-,35+,36+,37-,38-/m1/s1. The molecule has 0 aromatic heterocycles. The summed E-state index contributed by atoms with van der Waals surface area (Å²) >= 11 is 0. The third-order valence-electron chi connectivity index (χ3n) is 12.3. The molecule has 3 heterocycles. The van der Waals surface area contributed by atoms with Gasteiger partial charge in [0.15, 0.2) is 12.6 Å². The normalized spacial score (nSPS) is 48.3. The van der Waals surface area contributed by atoms with E-state index in [0.717, 1.165) is 0 Å². The van der Waals surface area contributed by atoms with Gasteiger partial charge in [-0.15, -0.1) is 0 Å². The summed E-state index contributed by atoms with van der Waals surface area (Å²) in [6.45, 7) is 14.2. The number of hydrogen-bond donors (Lipinski definition) is 5.